The van der Waals surface area contributed by atoms with Crippen molar-refractivity contribution in [2.24, 2.45) is 0 Å². The second-order valence-corrected chi connectivity index (χ2v) is 4.65. The zero-order valence-corrected chi connectivity index (χ0v) is 10.1. The molecule has 0 bridgehead atoms. The smallest absolute Gasteiger partial charge is 0.412 e. The van der Waals surface area contributed by atoms with Gasteiger partial charge >= 0.3 is 6.09 Å². The molecule has 1 aromatic carbocycles. The van der Waals surface area contributed by atoms with Crippen LogP contribution in [0, 0.1) is 11.6 Å². The number of benzene rings is 1. The summed E-state index contributed by atoms with van der Waals surface area (Å²) in [7, 11) is 0. The molecule has 2 atom stereocenters. The highest BCUT2D eigenvalue weighted by Gasteiger charge is 2.46. The van der Waals surface area contributed by atoms with Crippen molar-refractivity contribution in [1.82, 2.24) is 4.90 Å². The lowest BCUT2D eigenvalue weighted by atomic mass is 10.1. The van der Waals surface area contributed by atoms with E-state index in [1.165, 1.54) is 12.1 Å². The maximum Gasteiger partial charge on any atom is 0.412 e. The van der Waals surface area contributed by atoms with E-state index in [2.05, 4.69) is 0 Å². The number of halogens is 2. The van der Waals surface area contributed by atoms with Crippen molar-refractivity contribution in [2.45, 2.75) is 25.2 Å². The van der Waals surface area contributed by atoms with Crippen LogP contribution in [0.1, 0.15) is 24.5 Å². The summed E-state index contributed by atoms with van der Waals surface area (Å²) in [5.74, 6) is -1.88. The molecule has 2 heterocycles. The van der Waals surface area contributed by atoms with E-state index in [0.717, 1.165) is 18.9 Å². The topological polar surface area (TPSA) is 42.1 Å². The summed E-state index contributed by atoms with van der Waals surface area (Å²) in [6, 6.07) is 3.86. The Bertz CT molecular complexity index is 503. The van der Waals surface area contributed by atoms with E-state index in [1.807, 2.05) is 0 Å². The summed E-state index contributed by atoms with van der Waals surface area (Å²) < 4.78 is 36.7. The molecule has 0 aliphatic carbocycles. The Labute approximate surface area is 108 Å². The number of carbonyl (C=O) groups is 1. The highest BCUT2D eigenvalue weighted by Crippen LogP contribution is 2.41. The Hall–Kier alpha value is -1.69. The Morgan fingerprint density at radius 2 is 2.05 bits per heavy atom. The van der Waals surface area contributed by atoms with Gasteiger partial charge in [-0.2, -0.15) is 0 Å². The first-order chi connectivity index (χ1) is 9.16. The van der Waals surface area contributed by atoms with Gasteiger partial charge in [-0.25, -0.2) is 13.6 Å². The van der Waals surface area contributed by atoms with Gasteiger partial charge in [0.25, 0.3) is 0 Å². The number of likely N-dealkylation sites (tertiary alicyclic amines) is 1. The Morgan fingerprint density at radius 1 is 1.32 bits per heavy atom. The number of ether oxygens (including phenoxy) is 2. The average molecular weight is 269 g/mol. The van der Waals surface area contributed by atoms with Crippen molar-refractivity contribution >= 4 is 6.09 Å². The normalized spacial score (nSPS) is 25.5. The lowest BCUT2D eigenvalue weighted by Crippen LogP contribution is -2.29. The van der Waals surface area contributed by atoms with Crippen LogP contribution in [0.3, 0.4) is 0 Å². The molecule has 2 aliphatic heterocycles. The molecule has 0 radical (unpaired) electrons. The maximum atomic E-state index is 13.5. The zero-order chi connectivity index (χ0) is 13.4. The minimum Gasteiger partial charge on any atom is -0.416 e. The number of hydrogen-bond acceptors (Lipinski definition) is 3. The predicted molar refractivity (Wildman–Crippen MR) is 61.3 cm³/mol. The monoisotopic (exact) mass is 269 g/mol. The van der Waals surface area contributed by atoms with E-state index in [0.29, 0.717) is 13.1 Å². The molecule has 19 heavy (non-hydrogen) atoms. The molecule has 0 aromatic heterocycles. The van der Waals surface area contributed by atoms with E-state index in [4.69, 9.17) is 9.47 Å². The molecule has 2 fully saturated rings. The number of rotatable bonds is 2. The zero-order valence-electron chi connectivity index (χ0n) is 10.1. The van der Waals surface area contributed by atoms with Crippen LogP contribution in [0.4, 0.5) is 13.6 Å². The van der Waals surface area contributed by atoms with Gasteiger partial charge in [0.05, 0.1) is 0 Å². The van der Waals surface area contributed by atoms with Crippen LogP contribution in [0.2, 0.25) is 0 Å². The van der Waals surface area contributed by atoms with Gasteiger partial charge < -0.3 is 14.4 Å². The molecule has 0 N–H and O–H groups in total. The minimum atomic E-state index is -0.952. The van der Waals surface area contributed by atoms with Crippen molar-refractivity contribution in [1.29, 1.82) is 0 Å². The molecule has 1 aromatic rings. The molecule has 0 spiro atoms. The summed E-state index contributed by atoms with van der Waals surface area (Å²) in [5, 5.41) is 0. The van der Waals surface area contributed by atoms with E-state index < -0.39 is 30.1 Å². The predicted octanol–water partition coefficient (Wildman–Crippen LogP) is 2.59. The number of epoxide rings is 1. The minimum absolute atomic E-state index is 0.0826. The van der Waals surface area contributed by atoms with E-state index >= 15 is 0 Å². The number of nitrogens with zero attached hydrogens (tertiary/aromatic N) is 1. The van der Waals surface area contributed by atoms with Crippen LogP contribution in [0.5, 0.6) is 0 Å². The van der Waals surface area contributed by atoms with Gasteiger partial charge in [0, 0.05) is 18.7 Å². The van der Waals surface area contributed by atoms with Crippen LogP contribution < -0.4 is 0 Å². The average Bonchev–Trinajstić information content (AvgIpc) is 2.93. The van der Waals surface area contributed by atoms with Gasteiger partial charge in [-0.1, -0.05) is 12.1 Å². The van der Waals surface area contributed by atoms with Crippen molar-refractivity contribution in [3.63, 3.8) is 0 Å². The fourth-order valence-corrected chi connectivity index (χ4v) is 2.22. The fraction of sp³-hybridized carbons (Fsp3) is 0.462. The Morgan fingerprint density at radius 3 is 2.79 bits per heavy atom. The van der Waals surface area contributed by atoms with E-state index in [-0.39, 0.29) is 5.56 Å². The lowest BCUT2D eigenvalue weighted by molar-refractivity contribution is 0.0658. The fourth-order valence-electron chi connectivity index (χ4n) is 2.22. The molecule has 102 valence electrons. The third kappa shape index (κ3) is 2.40. The van der Waals surface area contributed by atoms with Crippen LogP contribution in [0.15, 0.2) is 18.2 Å². The van der Waals surface area contributed by atoms with Gasteiger partial charge in [0.2, 0.25) is 6.29 Å². The summed E-state index contributed by atoms with van der Waals surface area (Å²) >= 11 is 0. The second kappa shape index (κ2) is 4.77. The molecule has 6 heteroatoms. The molecule has 2 aliphatic rings. The molecule has 1 amide bonds. The highest BCUT2D eigenvalue weighted by molar-refractivity contribution is 5.68. The molecule has 0 saturated carbocycles. The molecule has 4 nitrogen and oxygen atoms in total. The van der Waals surface area contributed by atoms with Gasteiger partial charge in [0.1, 0.15) is 0 Å². The standard InChI is InChI=1S/C13H13F2NO3/c14-9-5-3-4-8(10(9)15)11-12(18-11)19-13(17)16-6-1-2-7-16/h3-5,11-12H,1-2,6-7H2/t11-,12+/m1/s1. The van der Waals surface area contributed by atoms with Crippen molar-refractivity contribution < 1.29 is 23.0 Å². The number of amides is 1. The van der Waals surface area contributed by atoms with Gasteiger partial charge in [0.15, 0.2) is 17.7 Å². The van der Waals surface area contributed by atoms with Crippen LogP contribution in [-0.2, 0) is 9.47 Å². The van der Waals surface area contributed by atoms with Crippen molar-refractivity contribution in [2.75, 3.05) is 13.1 Å². The van der Waals surface area contributed by atoms with Gasteiger partial charge in [-0.05, 0) is 18.9 Å². The molecular formula is C13H13F2NO3. The second-order valence-electron chi connectivity index (χ2n) is 4.65. The summed E-state index contributed by atoms with van der Waals surface area (Å²) in [5.41, 5.74) is 0.0826. The largest absolute Gasteiger partial charge is 0.416 e. The Kier molecular flexibility index (Phi) is 3.10. The first-order valence-corrected chi connectivity index (χ1v) is 6.22. The summed E-state index contributed by atoms with van der Waals surface area (Å²) in [4.78, 5) is 13.3. The molecule has 0 unspecified atom stereocenters. The number of hydrogen-bond donors (Lipinski definition) is 0. The lowest BCUT2D eigenvalue weighted by Gasteiger charge is -2.13. The number of carbonyl (C=O) groups excluding carboxylic acids is 1. The van der Waals surface area contributed by atoms with Crippen LogP contribution in [-0.4, -0.2) is 30.4 Å². The maximum absolute atomic E-state index is 13.5. The van der Waals surface area contributed by atoms with Crippen LogP contribution in [0.25, 0.3) is 0 Å². The quantitative estimate of drug-likeness (QED) is 0.775. The highest BCUT2D eigenvalue weighted by atomic mass is 19.2. The van der Waals surface area contributed by atoms with Crippen molar-refractivity contribution in [3.8, 4) is 0 Å². The van der Waals surface area contributed by atoms with Gasteiger partial charge in [-0.3, -0.25) is 0 Å². The summed E-state index contributed by atoms with van der Waals surface area (Å²) in [6.07, 6.45) is -0.0565. The SMILES string of the molecule is O=C(O[C@@H]1O[C@@H]1c1cccc(F)c1F)N1CCCC1. The first kappa shape index (κ1) is 12.3. The van der Waals surface area contributed by atoms with E-state index in [1.54, 1.807) is 4.90 Å². The van der Waals surface area contributed by atoms with Gasteiger partial charge in [-0.15, -0.1) is 0 Å². The van der Waals surface area contributed by atoms with E-state index in [9.17, 15) is 13.6 Å². The third-order valence-electron chi connectivity index (χ3n) is 3.32. The first-order valence-electron chi connectivity index (χ1n) is 6.22. The molecule has 3 rings (SSSR count). The Balaban J connectivity index is 1.61. The third-order valence-corrected chi connectivity index (χ3v) is 3.32. The van der Waals surface area contributed by atoms with Crippen LogP contribution >= 0.6 is 0 Å². The molecule has 2 saturated heterocycles. The summed E-state index contributed by atoms with van der Waals surface area (Å²) in [6.45, 7) is 1.34. The van der Waals surface area contributed by atoms with Crippen molar-refractivity contribution in [3.05, 3.63) is 35.4 Å². The molecular weight excluding hydrogens is 256 g/mol.